The monoisotopic (exact) mass is 204 g/mol. The van der Waals surface area contributed by atoms with Crippen LogP contribution in [0.5, 0.6) is 0 Å². The average molecular weight is 204 g/mol. The summed E-state index contributed by atoms with van der Waals surface area (Å²) >= 11 is 0. The van der Waals surface area contributed by atoms with Gasteiger partial charge >= 0.3 is 6.09 Å². The third-order valence-corrected chi connectivity index (χ3v) is 1.99. The first kappa shape index (κ1) is 13.2. The Bertz CT molecular complexity index is 162. The lowest BCUT2D eigenvalue weighted by Gasteiger charge is -2.21. The molecule has 1 atom stereocenters. The van der Waals surface area contributed by atoms with Crippen molar-refractivity contribution in [2.75, 3.05) is 19.7 Å². The maximum Gasteiger partial charge on any atom is 0.404 e. The molecule has 0 fully saturated rings. The summed E-state index contributed by atoms with van der Waals surface area (Å²) in [7, 11) is 0. The summed E-state index contributed by atoms with van der Waals surface area (Å²) in [6.45, 7) is 5.40. The Morgan fingerprint density at radius 1 is 1.43 bits per heavy atom. The standard InChI is InChI=1S/C9H20N2O3/c1-7(2)8(11-9(13)14)6-10-4-3-5-12/h7-8,10-12H,3-6H2,1-2H3,(H,13,14). The van der Waals surface area contributed by atoms with Crippen molar-refractivity contribution >= 4 is 6.09 Å². The second-order valence-corrected chi connectivity index (χ2v) is 3.58. The summed E-state index contributed by atoms with van der Waals surface area (Å²) in [4.78, 5) is 10.4. The zero-order valence-electron chi connectivity index (χ0n) is 8.79. The number of hydrogen-bond acceptors (Lipinski definition) is 3. The number of nitrogens with one attached hydrogen (secondary N) is 2. The zero-order chi connectivity index (χ0) is 11.0. The van der Waals surface area contributed by atoms with E-state index in [1.165, 1.54) is 0 Å². The molecular formula is C9H20N2O3. The van der Waals surface area contributed by atoms with Crippen LogP contribution in [-0.4, -0.2) is 42.0 Å². The molecule has 0 aliphatic carbocycles. The Morgan fingerprint density at radius 3 is 2.50 bits per heavy atom. The molecule has 0 saturated carbocycles. The third kappa shape index (κ3) is 6.68. The zero-order valence-corrected chi connectivity index (χ0v) is 8.79. The van der Waals surface area contributed by atoms with Gasteiger partial charge in [-0.15, -0.1) is 0 Å². The maximum absolute atomic E-state index is 10.4. The van der Waals surface area contributed by atoms with Crippen LogP contribution in [-0.2, 0) is 0 Å². The number of hydrogen-bond donors (Lipinski definition) is 4. The first-order valence-corrected chi connectivity index (χ1v) is 4.89. The van der Waals surface area contributed by atoms with Crippen LogP contribution < -0.4 is 10.6 Å². The van der Waals surface area contributed by atoms with E-state index in [0.29, 0.717) is 19.5 Å². The van der Waals surface area contributed by atoms with Gasteiger partial charge in [0.1, 0.15) is 0 Å². The molecule has 84 valence electrons. The molecule has 0 spiro atoms. The molecule has 5 heteroatoms. The molecular weight excluding hydrogens is 184 g/mol. The van der Waals surface area contributed by atoms with Gasteiger partial charge in [-0.05, 0) is 18.9 Å². The molecule has 14 heavy (non-hydrogen) atoms. The molecule has 0 aliphatic heterocycles. The van der Waals surface area contributed by atoms with Gasteiger partial charge in [-0.2, -0.15) is 0 Å². The van der Waals surface area contributed by atoms with E-state index in [9.17, 15) is 4.79 Å². The van der Waals surface area contributed by atoms with Crippen LogP contribution in [0.4, 0.5) is 4.79 Å². The SMILES string of the molecule is CC(C)C(CNCCCO)NC(=O)O. The molecule has 0 bridgehead atoms. The molecule has 4 N–H and O–H groups in total. The number of aliphatic hydroxyl groups is 1. The molecule has 0 rings (SSSR count). The average Bonchev–Trinajstić information content (AvgIpc) is 2.09. The van der Waals surface area contributed by atoms with Gasteiger partial charge in [0.15, 0.2) is 0 Å². The fraction of sp³-hybridized carbons (Fsp3) is 0.889. The quantitative estimate of drug-likeness (QED) is 0.448. The Labute approximate surface area is 84.5 Å². The minimum absolute atomic E-state index is 0.0776. The summed E-state index contributed by atoms with van der Waals surface area (Å²) in [6, 6.07) is -0.0776. The summed E-state index contributed by atoms with van der Waals surface area (Å²) in [5.74, 6) is 0.257. The summed E-state index contributed by atoms with van der Waals surface area (Å²) in [5.41, 5.74) is 0. The first-order valence-electron chi connectivity index (χ1n) is 4.89. The lowest BCUT2D eigenvalue weighted by atomic mass is 10.0. The summed E-state index contributed by atoms with van der Waals surface area (Å²) in [5, 5.41) is 22.6. The minimum Gasteiger partial charge on any atom is -0.465 e. The second kappa shape index (κ2) is 7.58. The lowest BCUT2D eigenvalue weighted by Crippen LogP contribution is -2.45. The molecule has 0 aromatic heterocycles. The Morgan fingerprint density at radius 2 is 2.07 bits per heavy atom. The van der Waals surface area contributed by atoms with Gasteiger partial charge in [0.2, 0.25) is 0 Å². The third-order valence-electron chi connectivity index (χ3n) is 1.99. The van der Waals surface area contributed by atoms with Crippen molar-refractivity contribution in [2.24, 2.45) is 5.92 Å². The van der Waals surface area contributed by atoms with Crippen LogP contribution in [0.25, 0.3) is 0 Å². The number of aliphatic hydroxyl groups excluding tert-OH is 1. The van der Waals surface area contributed by atoms with Gasteiger partial charge in [0, 0.05) is 19.2 Å². The van der Waals surface area contributed by atoms with E-state index in [1.54, 1.807) is 0 Å². The Kier molecular flexibility index (Phi) is 7.14. The maximum atomic E-state index is 10.4. The molecule has 0 aliphatic rings. The largest absolute Gasteiger partial charge is 0.465 e. The normalized spacial score (nSPS) is 12.9. The molecule has 0 radical (unpaired) electrons. The van der Waals surface area contributed by atoms with Crippen molar-refractivity contribution in [1.82, 2.24) is 10.6 Å². The number of rotatable bonds is 7. The Hall–Kier alpha value is -0.810. The lowest BCUT2D eigenvalue weighted by molar-refractivity contribution is 0.185. The molecule has 0 aromatic rings. The van der Waals surface area contributed by atoms with Gasteiger partial charge in [0.05, 0.1) is 0 Å². The highest BCUT2D eigenvalue weighted by Gasteiger charge is 2.14. The van der Waals surface area contributed by atoms with Crippen molar-refractivity contribution in [3.05, 3.63) is 0 Å². The van der Waals surface area contributed by atoms with Crippen LogP contribution in [0, 0.1) is 5.92 Å². The van der Waals surface area contributed by atoms with Gasteiger partial charge in [-0.3, -0.25) is 0 Å². The van der Waals surface area contributed by atoms with Gasteiger partial charge in [0.25, 0.3) is 0 Å². The van der Waals surface area contributed by atoms with Crippen molar-refractivity contribution in [3.8, 4) is 0 Å². The van der Waals surface area contributed by atoms with E-state index in [1.807, 2.05) is 13.8 Å². The van der Waals surface area contributed by atoms with Crippen LogP contribution >= 0.6 is 0 Å². The van der Waals surface area contributed by atoms with Crippen molar-refractivity contribution in [3.63, 3.8) is 0 Å². The van der Waals surface area contributed by atoms with Crippen LogP contribution in [0.1, 0.15) is 20.3 Å². The van der Waals surface area contributed by atoms with E-state index >= 15 is 0 Å². The second-order valence-electron chi connectivity index (χ2n) is 3.58. The van der Waals surface area contributed by atoms with Gasteiger partial charge in [-0.25, -0.2) is 4.79 Å². The highest BCUT2D eigenvalue weighted by atomic mass is 16.4. The molecule has 1 amide bonds. The topological polar surface area (TPSA) is 81.6 Å². The predicted molar refractivity (Wildman–Crippen MR) is 54.4 cm³/mol. The van der Waals surface area contributed by atoms with E-state index in [0.717, 1.165) is 0 Å². The Balaban J connectivity index is 3.68. The predicted octanol–water partition coefficient (Wildman–Crippen LogP) is 0.251. The minimum atomic E-state index is -0.993. The van der Waals surface area contributed by atoms with Gasteiger partial charge in [-0.1, -0.05) is 13.8 Å². The van der Waals surface area contributed by atoms with Crippen LogP contribution in [0.3, 0.4) is 0 Å². The molecule has 5 nitrogen and oxygen atoms in total. The fourth-order valence-electron chi connectivity index (χ4n) is 1.07. The van der Waals surface area contributed by atoms with E-state index in [2.05, 4.69) is 10.6 Å². The van der Waals surface area contributed by atoms with E-state index < -0.39 is 6.09 Å². The first-order chi connectivity index (χ1) is 6.57. The van der Waals surface area contributed by atoms with E-state index in [4.69, 9.17) is 10.2 Å². The summed E-state index contributed by atoms with van der Waals surface area (Å²) < 4.78 is 0. The smallest absolute Gasteiger partial charge is 0.404 e. The summed E-state index contributed by atoms with van der Waals surface area (Å²) in [6.07, 6.45) is -0.301. The molecule has 0 saturated heterocycles. The van der Waals surface area contributed by atoms with Crippen molar-refractivity contribution in [2.45, 2.75) is 26.3 Å². The highest BCUT2D eigenvalue weighted by Crippen LogP contribution is 1.99. The fourth-order valence-corrected chi connectivity index (χ4v) is 1.07. The molecule has 0 heterocycles. The highest BCUT2D eigenvalue weighted by molar-refractivity contribution is 5.64. The van der Waals surface area contributed by atoms with Crippen molar-refractivity contribution < 1.29 is 15.0 Å². The number of carbonyl (C=O) groups is 1. The molecule has 1 unspecified atom stereocenters. The molecule has 0 aromatic carbocycles. The number of amides is 1. The van der Waals surface area contributed by atoms with Crippen molar-refractivity contribution in [1.29, 1.82) is 0 Å². The van der Waals surface area contributed by atoms with E-state index in [-0.39, 0.29) is 18.6 Å². The van der Waals surface area contributed by atoms with Crippen LogP contribution in [0.15, 0.2) is 0 Å². The van der Waals surface area contributed by atoms with Gasteiger partial charge < -0.3 is 20.8 Å². The number of carboxylic acid groups (broad SMARTS) is 1. The van der Waals surface area contributed by atoms with Crippen LogP contribution in [0.2, 0.25) is 0 Å².